The first-order chi connectivity index (χ1) is 37.6. The minimum absolute atomic E-state index is 0.499. The Labute approximate surface area is 441 Å². The van der Waals surface area contributed by atoms with Gasteiger partial charge in [0.05, 0.1) is 68.3 Å². The second-order valence-corrected chi connectivity index (χ2v) is 20.1. The van der Waals surface area contributed by atoms with Gasteiger partial charge < -0.3 is 9.97 Å². The predicted octanol–water partition coefficient (Wildman–Crippen LogP) is 13.2. The van der Waals surface area contributed by atoms with E-state index in [2.05, 4.69) is 139 Å². The first-order valence-electron chi connectivity index (χ1n) is 26.5. The summed E-state index contributed by atoms with van der Waals surface area (Å²) in [6.45, 7) is 6.20. The van der Waals surface area contributed by atoms with Crippen LogP contribution in [0.2, 0.25) is 0 Å². The van der Waals surface area contributed by atoms with Crippen LogP contribution in [-0.4, -0.2) is 85.8 Å². The first-order valence-corrected chi connectivity index (χ1v) is 26.5. The molecular formula is C64H56N12. The minimum Gasteiger partial charge on any atom is -0.342 e. The SMILES string of the molecule is c1ccc(-c2nc3ccncc3nc2-c2ccc(CN3CCC(c4nc5ccccc5[nH]4)CC3)cc2)cc1.c1ccc(-c2nc3cnccc3nc2-c2ccc(CN3CCC(c4nc5ccccc5[nH]4)CC3)cc2)cc1. The predicted molar refractivity (Wildman–Crippen MR) is 303 cm³/mol. The van der Waals surface area contributed by atoms with Gasteiger partial charge >= 0.3 is 0 Å². The van der Waals surface area contributed by atoms with Crippen molar-refractivity contribution in [3.63, 3.8) is 0 Å². The fraction of sp³-hybridized carbons (Fsp3) is 0.188. The van der Waals surface area contributed by atoms with Crippen molar-refractivity contribution in [2.24, 2.45) is 0 Å². The van der Waals surface area contributed by atoms with E-state index in [9.17, 15) is 0 Å². The van der Waals surface area contributed by atoms with Gasteiger partial charge in [0.25, 0.3) is 0 Å². The maximum Gasteiger partial charge on any atom is 0.110 e. The van der Waals surface area contributed by atoms with E-state index in [1.165, 1.54) is 11.1 Å². The number of hydrogen-bond donors (Lipinski definition) is 2. The third-order valence-electron chi connectivity index (χ3n) is 15.1. The Morgan fingerprint density at radius 2 is 0.697 bits per heavy atom. The number of aromatic amines is 2. The number of likely N-dealkylation sites (tertiary alicyclic amines) is 2. The summed E-state index contributed by atoms with van der Waals surface area (Å²) in [5.74, 6) is 3.27. The molecule has 12 heteroatoms. The molecule has 2 aliphatic heterocycles. The summed E-state index contributed by atoms with van der Waals surface area (Å²) in [7, 11) is 0. The van der Waals surface area contributed by atoms with E-state index in [0.717, 1.165) is 166 Å². The van der Waals surface area contributed by atoms with Crippen molar-refractivity contribution in [3.05, 3.63) is 217 Å². The molecule has 6 aromatic carbocycles. The lowest BCUT2D eigenvalue weighted by Gasteiger charge is -2.31. The van der Waals surface area contributed by atoms with Crippen LogP contribution in [-0.2, 0) is 13.1 Å². The highest BCUT2D eigenvalue weighted by Gasteiger charge is 2.25. The summed E-state index contributed by atoms with van der Waals surface area (Å²) in [5.41, 5.74) is 18.1. The van der Waals surface area contributed by atoms with E-state index >= 15 is 0 Å². The van der Waals surface area contributed by atoms with Gasteiger partial charge in [0, 0.05) is 59.6 Å². The van der Waals surface area contributed by atoms with Crippen molar-refractivity contribution in [2.75, 3.05) is 26.2 Å². The van der Waals surface area contributed by atoms with Crippen LogP contribution in [0.1, 0.15) is 60.3 Å². The largest absolute Gasteiger partial charge is 0.342 e. The van der Waals surface area contributed by atoms with Crippen molar-refractivity contribution in [3.8, 4) is 45.0 Å². The number of piperidine rings is 2. The first kappa shape index (κ1) is 46.9. The molecule has 0 spiro atoms. The van der Waals surface area contributed by atoms with Gasteiger partial charge in [0.2, 0.25) is 0 Å². The lowest BCUT2D eigenvalue weighted by molar-refractivity contribution is 0.202. The Bertz CT molecular complexity index is 3590. The molecule has 14 rings (SSSR count). The van der Waals surface area contributed by atoms with E-state index in [4.69, 9.17) is 29.9 Å². The molecule has 0 saturated carbocycles. The normalized spacial score (nSPS) is 14.8. The second-order valence-electron chi connectivity index (χ2n) is 20.1. The molecule has 0 unspecified atom stereocenters. The quantitative estimate of drug-likeness (QED) is 0.136. The summed E-state index contributed by atoms with van der Waals surface area (Å²) < 4.78 is 0. The Morgan fingerprint density at radius 3 is 1.09 bits per heavy atom. The van der Waals surface area contributed by atoms with Gasteiger partial charge in [-0.3, -0.25) is 19.8 Å². The Morgan fingerprint density at radius 1 is 0.342 bits per heavy atom. The van der Waals surface area contributed by atoms with E-state index in [1.54, 1.807) is 24.8 Å². The van der Waals surface area contributed by atoms with Gasteiger partial charge in [0.1, 0.15) is 22.7 Å². The lowest BCUT2D eigenvalue weighted by atomic mass is 9.95. The molecular weight excluding hydrogens is 937 g/mol. The molecule has 0 aliphatic carbocycles. The number of rotatable bonds is 10. The Balaban J connectivity index is 0.000000146. The lowest BCUT2D eigenvalue weighted by Crippen LogP contribution is -2.32. The van der Waals surface area contributed by atoms with Crippen molar-refractivity contribution in [2.45, 2.75) is 50.6 Å². The summed E-state index contributed by atoms with van der Waals surface area (Å²) in [5, 5.41) is 0. The summed E-state index contributed by atoms with van der Waals surface area (Å²) in [4.78, 5) is 50.2. The van der Waals surface area contributed by atoms with Crippen LogP contribution in [0, 0.1) is 0 Å². The molecule has 2 aliphatic rings. The van der Waals surface area contributed by atoms with Crippen LogP contribution in [0.15, 0.2) is 195 Å². The number of nitrogens with zero attached hydrogens (tertiary/aromatic N) is 10. The number of imidazole rings is 2. The van der Waals surface area contributed by atoms with E-state index in [1.807, 2.05) is 60.7 Å². The zero-order valence-electron chi connectivity index (χ0n) is 42.2. The number of H-pyrrole nitrogens is 2. The van der Waals surface area contributed by atoms with Gasteiger partial charge in [-0.1, -0.05) is 133 Å². The molecule has 0 amide bonds. The maximum atomic E-state index is 5.00. The molecule has 0 bridgehead atoms. The van der Waals surface area contributed by atoms with Gasteiger partial charge in [0.15, 0.2) is 0 Å². The standard InChI is InChI=1S/2C32H28N6/c1-2-6-23(7-3-1)30-31(34-28-14-17-33-20-29(28)35-30)24-12-10-22(11-13-24)21-38-18-15-25(16-19-38)32-36-26-8-4-5-9-27(26)37-32;1-2-6-23(7-3-1)30-31(35-29-20-33-17-14-28(29)34-30)24-12-10-22(11-13-24)21-38-18-15-25(16-19-38)32-36-26-8-4-5-9-27(26)37-32/h2*1-14,17,20,25H,15-16,18-19,21H2,(H,36,37). The number of fused-ring (bicyclic) bond motifs is 4. The second kappa shape index (κ2) is 21.2. The highest BCUT2D eigenvalue weighted by atomic mass is 15.1. The molecule has 0 atom stereocenters. The number of hydrogen-bond acceptors (Lipinski definition) is 10. The van der Waals surface area contributed by atoms with Crippen LogP contribution in [0.3, 0.4) is 0 Å². The van der Waals surface area contributed by atoms with E-state index in [-0.39, 0.29) is 0 Å². The highest BCUT2D eigenvalue weighted by Crippen LogP contribution is 2.35. The van der Waals surface area contributed by atoms with Crippen LogP contribution in [0.25, 0.3) is 89.2 Å². The summed E-state index contributed by atoms with van der Waals surface area (Å²) >= 11 is 0. The fourth-order valence-corrected chi connectivity index (χ4v) is 10.9. The number of aromatic nitrogens is 10. The Hall–Kier alpha value is -8.84. The van der Waals surface area contributed by atoms with Crippen molar-refractivity contribution < 1.29 is 0 Å². The minimum atomic E-state index is 0.499. The van der Waals surface area contributed by atoms with Crippen LogP contribution >= 0.6 is 0 Å². The van der Waals surface area contributed by atoms with Crippen LogP contribution < -0.4 is 0 Å². The van der Waals surface area contributed by atoms with Crippen LogP contribution in [0.5, 0.6) is 0 Å². The van der Waals surface area contributed by atoms with Gasteiger partial charge in [-0.25, -0.2) is 29.9 Å². The highest BCUT2D eigenvalue weighted by molar-refractivity contribution is 5.87. The molecule has 8 heterocycles. The third-order valence-corrected chi connectivity index (χ3v) is 15.1. The monoisotopic (exact) mass is 992 g/mol. The third kappa shape index (κ3) is 10.1. The fourth-order valence-electron chi connectivity index (χ4n) is 10.9. The molecule has 12 nitrogen and oxygen atoms in total. The van der Waals surface area contributed by atoms with E-state index in [0.29, 0.717) is 11.8 Å². The zero-order valence-corrected chi connectivity index (χ0v) is 42.2. The number of benzene rings is 6. The van der Waals surface area contributed by atoms with Crippen molar-refractivity contribution in [1.29, 1.82) is 0 Å². The molecule has 2 fully saturated rings. The Kier molecular flexibility index (Phi) is 13.1. The van der Waals surface area contributed by atoms with Crippen LogP contribution in [0.4, 0.5) is 0 Å². The van der Waals surface area contributed by atoms with Crippen molar-refractivity contribution in [1.82, 2.24) is 59.6 Å². The molecule has 76 heavy (non-hydrogen) atoms. The smallest absolute Gasteiger partial charge is 0.110 e. The number of para-hydroxylation sites is 4. The maximum absolute atomic E-state index is 5.00. The molecule has 2 N–H and O–H groups in total. The summed E-state index contributed by atoms with van der Waals surface area (Å²) in [6, 6.07) is 58.6. The van der Waals surface area contributed by atoms with Gasteiger partial charge in [-0.15, -0.1) is 0 Å². The molecule has 6 aromatic heterocycles. The summed E-state index contributed by atoms with van der Waals surface area (Å²) in [6.07, 6.45) is 11.6. The topological polar surface area (TPSA) is 141 Å². The number of nitrogens with one attached hydrogen (secondary N) is 2. The van der Waals surface area contributed by atoms with Crippen molar-refractivity contribution >= 4 is 44.1 Å². The zero-order chi connectivity index (χ0) is 50.6. The van der Waals surface area contributed by atoms with Gasteiger partial charge in [-0.2, -0.15) is 0 Å². The molecule has 0 radical (unpaired) electrons. The molecule has 372 valence electrons. The van der Waals surface area contributed by atoms with E-state index < -0.39 is 0 Å². The molecule has 12 aromatic rings. The van der Waals surface area contributed by atoms with Gasteiger partial charge in [-0.05, 0) is 99.4 Å². The average Bonchev–Trinajstić information content (AvgIpc) is 4.14. The number of pyridine rings is 2. The average molecular weight is 993 g/mol. The molecule has 2 saturated heterocycles.